The summed E-state index contributed by atoms with van der Waals surface area (Å²) in [7, 11) is 0. The number of halogens is 3. The van der Waals surface area contributed by atoms with E-state index in [1.807, 2.05) is 18.2 Å². The molecule has 6 unspecified atom stereocenters. The minimum Gasteiger partial charge on any atom is -0.334 e. The highest BCUT2D eigenvalue weighted by atomic mass is 19.1. The first-order valence-corrected chi connectivity index (χ1v) is 32.5. The fourth-order valence-corrected chi connectivity index (χ4v) is 19.3. The second-order valence-electron chi connectivity index (χ2n) is 28.5. The SMILES string of the molecule is CC12CCCCC1(C)N(c1cccc(F)c1)c1ccc(-c3cc(-c4ccccc4)c4ccc5c(-c6ccc7c(c6)C6(C)CCCCC6(C)N7c6cccc(F)c6)cc(-c6ccc7c(c6)C6(C)CCCCC6(C)N7c6cccc(F)c6)c6ccc3c4c56)cc12. The third kappa shape index (κ3) is 7.15. The summed E-state index contributed by atoms with van der Waals surface area (Å²) in [6.45, 7) is 14.7. The van der Waals surface area contributed by atoms with Crippen molar-refractivity contribution < 1.29 is 13.2 Å². The van der Waals surface area contributed by atoms with Crippen LogP contribution in [0.4, 0.5) is 47.3 Å². The zero-order valence-electron chi connectivity index (χ0n) is 51.4. The molecule has 3 aliphatic heterocycles. The van der Waals surface area contributed by atoms with Crippen LogP contribution < -0.4 is 14.7 Å². The van der Waals surface area contributed by atoms with Crippen molar-refractivity contribution in [3.8, 4) is 44.5 Å². The summed E-state index contributed by atoms with van der Waals surface area (Å²) in [5, 5.41) is 7.34. The number of rotatable bonds is 7. The van der Waals surface area contributed by atoms with Gasteiger partial charge in [-0.15, -0.1) is 0 Å². The lowest BCUT2D eigenvalue weighted by Gasteiger charge is -2.50. The summed E-state index contributed by atoms with van der Waals surface area (Å²) < 4.78 is 46.0. The van der Waals surface area contributed by atoms with Gasteiger partial charge in [-0.1, -0.05) is 150 Å². The van der Waals surface area contributed by atoms with Crippen molar-refractivity contribution in [1.82, 2.24) is 0 Å². The minimum absolute atomic E-state index is 0.175. The maximum absolute atomic E-state index is 15.3. The first kappa shape index (κ1) is 53.9. The summed E-state index contributed by atoms with van der Waals surface area (Å²) >= 11 is 0. The van der Waals surface area contributed by atoms with Gasteiger partial charge in [-0.25, -0.2) is 13.2 Å². The molecule has 3 fully saturated rings. The van der Waals surface area contributed by atoms with E-state index in [1.165, 1.54) is 99.2 Å². The van der Waals surface area contributed by atoms with Crippen LogP contribution in [0.25, 0.3) is 76.8 Å². The quantitative estimate of drug-likeness (QED) is 0.147. The van der Waals surface area contributed by atoms with Crippen molar-refractivity contribution >= 4 is 66.4 Å². The molecule has 438 valence electrons. The molecule has 6 heteroatoms. The molecule has 11 aromatic rings. The first-order chi connectivity index (χ1) is 42.5. The van der Waals surface area contributed by atoms with Gasteiger partial charge in [-0.05, 0) is 256 Å². The number of anilines is 6. The van der Waals surface area contributed by atoms with Gasteiger partial charge in [0.1, 0.15) is 17.5 Å². The van der Waals surface area contributed by atoms with E-state index in [0.717, 1.165) is 105 Å². The Morgan fingerprint density at radius 3 is 0.909 bits per heavy atom. The largest absolute Gasteiger partial charge is 0.334 e. The molecule has 0 saturated heterocycles. The molecule has 6 atom stereocenters. The predicted molar refractivity (Wildman–Crippen MR) is 360 cm³/mol. The maximum Gasteiger partial charge on any atom is 0.125 e. The summed E-state index contributed by atoms with van der Waals surface area (Å²) in [5.41, 5.74) is 18.3. The highest BCUT2D eigenvalue weighted by Crippen LogP contribution is 2.65. The van der Waals surface area contributed by atoms with E-state index in [4.69, 9.17) is 0 Å². The molecule has 0 amide bonds. The molecule has 6 aliphatic rings. The Labute approximate surface area is 515 Å². The highest BCUT2D eigenvalue weighted by Gasteiger charge is 2.60. The predicted octanol–water partition coefficient (Wildman–Crippen LogP) is 22.9. The summed E-state index contributed by atoms with van der Waals surface area (Å²) in [6, 6.07) is 68.7. The van der Waals surface area contributed by atoms with Crippen molar-refractivity contribution in [1.29, 1.82) is 0 Å². The van der Waals surface area contributed by atoms with E-state index in [9.17, 15) is 0 Å². The van der Waals surface area contributed by atoms with Gasteiger partial charge in [0, 0.05) is 50.4 Å². The highest BCUT2D eigenvalue weighted by molar-refractivity contribution is 6.32. The fourth-order valence-electron chi connectivity index (χ4n) is 19.3. The van der Waals surface area contributed by atoms with E-state index in [1.54, 1.807) is 36.4 Å². The zero-order valence-corrected chi connectivity index (χ0v) is 51.4. The Morgan fingerprint density at radius 1 is 0.284 bits per heavy atom. The average molecular weight is 1160 g/mol. The van der Waals surface area contributed by atoms with Gasteiger partial charge in [0.15, 0.2) is 0 Å². The second-order valence-corrected chi connectivity index (χ2v) is 28.5. The van der Waals surface area contributed by atoms with Gasteiger partial charge in [-0.3, -0.25) is 0 Å². The van der Waals surface area contributed by atoms with Crippen molar-refractivity contribution in [2.45, 2.75) is 151 Å². The molecule has 3 heterocycles. The van der Waals surface area contributed by atoms with Crippen LogP contribution in [0.2, 0.25) is 0 Å². The molecule has 3 aliphatic carbocycles. The van der Waals surface area contributed by atoms with Gasteiger partial charge in [0.2, 0.25) is 0 Å². The van der Waals surface area contributed by atoms with Crippen LogP contribution in [-0.4, -0.2) is 16.6 Å². The van der Waals surface area contributed by atoms with Crippen molar-refractivity contribution in [2.24, 2.45) is 0 Å². The number of nitrogens with zero attached hydrogens (tertiary/aromatic N) is 3. The number of fused-ring (bicyclic) bond motifs is 9. The lowest BCUT2D eigenvalue weighted by atomic mass is 9.61. The second kappa shape index (κ2) is 18.8. The number of hydrogen-bond donors (Lipinski definition) is 0. The summed E-state index contributed by atoms with van der Waals surface area (Å²) in [5.74, 6) is -0.652. The van der Waals surface area contributed by atoms with Crippen molar-refractivity contribution in [2.75, 3.05) is 14.7 Å². The third-order valence-corrected chi connectivity index (χ3v) is 24.4. The fraction of sp³-hybridized carbons (Fsp3) is 0.293. The summed E-state index contributed by atoms with van der Waals surface area (Å²) in [6.07, 6.45) is 13.0. The molecular formula is C82H74F3N3. The molecule has 3 nitrogen and oxygen atoms in total. The molecule has 88 heavy (non-hydrogen) atoms. The van der Waals surface area contributed by atoms with Crippen LogP contribution in [0.5, 0.6) is 0 Å². The normalized spacial score (nSPS) is 26.1. The Kier molecular flexibility index (Phi) is 11.5. The molecule has 0 aromatic heterocycles. The van der Waals surface area contributed by atoms with Crippen LogP contribution in [0.15, 0.2) is 194 Å². The Morgan fingerprint density at radius 2 is 0.591 bits per heavy atom. The lowest BCUT2D eigenvalue weighted by Crippen LogP contribution is -2.54. The van der Waals surface area contributed by atoms with Gasteiger partial charge in [0.05, 0.1) is 16.6 Å². The Hall–Kier alpha value is -8.35. The topological polar surface area (TPSA) is 9.72 Å². The molecule has 11 aromatic carbocycles. The molecule has 0 N–H and O–H groups in total. The van der Waals surface area contributed by atoms with E-state index >= 15 is 13.2 Å². The van der Waals surface area contributed by atoms with Crippen LogP contribution in [-0.2, 0) is 16.2 Å². The molecule has 0 radical (unpaired) electrons. The van der Waals surface area contributed by atoms with E-state index in [0.29, 0.717) is 0 Å². The minimum atomic E-state index is -0.256. The summed E-state index contributed by atoms with van der Waals surface area (Å²) in [4.78, 5) is 7.42. The molecule has 0 bridgehead atoms. The van der Waals surface area contributed by atoms with Crippen molar-refractivity contribution in [3.63, 3.8) is 0 Å². The van der Waals surface area contributed by atoms with Crippen LogP contribution >= 0.6 is 0 Å². The molecule has 17 rings (SSSR count). The number of benzene rings is 11. The average Bonchev–Trinajstić information content (AvgIpc) is 1.43. The third-order valence-electron chi connectivity index (χ3n) is 24.4. The van der Waals surface area contributed by atoms with Crippen LogP contribution in [0, 0.1) is 17.5 Å². The number of hydrogen-bond acceptors (Lipinski definition) is 3. The zero-order chi connectivity index (χ0) is 59.9. The first-order valence-electron chi connectivity index (χ1n) is 32.5. The van der Waals surface area contributed by atoms with E-state index in [2.05, 4.69) is 196 Å². The van der Waals surface area contributed by atoms with Gasteiger partial charge in [0.25, 0.3) is 0 Å². The molecular weight excluding hydrogens is 1080 g/mol. The van der Waals surface area contributed by atoms with Crippen molar-refractivity contribution in [3.05, 3.63) is 228 Å². The van der Waals surface area contributed by atoms with Crippen LogP contribution in [0.3, 0.4) is 0 Å². The van der Waals surface area contributed by atoms with Crippen LogP contribution in [0.1, 0.15) is 135 Å². The Balaban J connectivity index is 0.940. The lowest BCUT2D eigenvalue weighted by molar-refractivity contribution is 0.195. The molecule has 3 saturated carbocycles. The smallest absolute Gasteiger partial charge is 0.125 e. The monoisotopic (exact) mass is 1160 g/mol. The van der Waals surface area contributed by atoms with Gasteiger partial charge < -0.3 is 14.7 Å². The van der Waals surface area contributed by atoms with Gasteiger partial charge >= 0.3 is 0 Å². The van der Waals surface area contributed by atoms with E-state index < -0.39 is 0 Å². The molecule has 0 spiro atoms. The van der Waals surface area contributed by atoms with E-state index in [-0.39, 0.29) is 50.3 Å². The van der Waals surface area contributed by atoms with Gasteiger partial charge in [-0.2, -0.15) is 0 Å². The Bertz CT molecular complexity index is 4570. The maximum atomic E-state index is 15.3. The standard InChI is InChI=1S/C82H74F3N3/c1-77-37-10-13-40-80(77,4)86(58-24-16-21-55(83)46-58)72-34-27-52(43-69(72)77)66-49-65(51-19-8-7-9-20-51)61-30-31-63-67(53-28-35-73-70(44-53)78(2)38-11-14-41-81(78,5)87(73)59-25-17-22-56(84)47-59)50-68(64-33-32-62(66)75(61)76(63)64)54-29-36-74-71(45-54)79(3)39-12-15-42-82(79,6)88(74)60-26-18-23-57(85)48-60/h7-9,16-36,43-50H,10-15,37-42H2,1-6H3.